The molecule has 4 heterocycles. The summed E-state index contributed by atoms with van der Waals surface area (Å²) in [6.07, 6.45) is -1.58. The van der Waals surface area contributed by atoms with E-state index in [1.165, 1.54) is 11.8 Å². The smallest absolute Gasteiger partial charge is 0.378 e. The standard InChI is InChI=1S/C42H57F2N8O11P/c1-23-14-31-22-62-25(3)36(48-37(53)33(17-26-15-27(43)18-28(44)16-26)47-42(58)46-29-9-11-30(12-10-29)49(4)5)41(57)52-21-32(63-64(59,60)61)19-35(52)40(56)50-13-7-6-8-34(50)38(54)45-24(2)39(55)51(31)20-23/h9-12,15-16,18,23-25,31-36H,6-8,13-14,17,19-22H2,1-5H3,(H,45,54)(H,48,53)(H2,46,47,58)(H2,59,60,61)/t23-,24+,25?,31?,32-,33+,34+,35+,36+/m1/s1. The van der Waals surface area contributed by atoms with Gasteiger partial charge in [-0.05, 0) is 87.4 Å². The van der Waals surface area contributed by atoms with Crippen molar-refractivity contribution in [1.29, 1.82) is 0 Å². The maximum absolute atomic E-state index is 15.0. The number of fused-ring (bicyclic) bond motifs is 3. The predicted octanol–water partition coefficient (Wildman–Crippen LogP) is 1.87. The molecule has 4 saturated heterocycles. The molecule has 22 heteroatoms. The van der Waals surface area contributed by atoms with Crippen LogP contribution in [-0.4, -0.2) is 149 Å². The molecule has 0 aromatic heterocycles. The van der Waals surface area contributed by atoms with Crippen molar-refractivity contribution in [3.05, 3.63) is 59.7 Å². The van der Waals surface area contributed by atoms with Crippen LogP contribution in [0.1, 0.15) is 58.4 Å². The maximum atomic E-state index is 15.0. The number of hydrogen-bond acceptors (Lipinski definition) is 10. The molecule has 0 spiro atoms. The van der Waals surface area contributed by atoms with Crippen molar-refractivity contribution in [2.75, 3.05) is 50.6 Å². The number of hydrogen-bond donors (Lipinski definition) is 6. The number of phosphoric ester groups is 1. The van der Waals surface area contributed by atoms with Crippen molar-refractivity contribution >= 4 is 54.8 Å². The Bertz CT molecular complexity index is 2110. The fraction of sp³-hybridized carbons (Fsp3) is 0.571. The quantitative estimate of drug-likeness (QED) is 0.198. The summed E-state index contributed by atoms with van der Waals surface area (Å²) in [4.78, 5) is 111. The molecule has 4 fully saturated rings. The Labute approximate surface area is 369 Å². The van der Waals surface area contributed by atoms with Gasteiger partial charge in [0.25, 0.3) is 0 Å². The Kier molecular flexibility index (Phi) is 15.3. The maximum Gasteiger partial charge on any atom is 0.469 e. The first kappa shape index (κ1) is 48.3. The molecule has 2 aromatic rings. The second-order valence-electron chi connectivity index (χ2n) is 17.3. The molecule has 9 atom stereocenters. The van der Waals surface area contributed by atoms with Crippen LogP contribution in [0, 0.1) is 17.6 Å². The summed E-state index contributed by atoms with van der Waals surface area (Å²) >= 11 is 0. The van der Waals surface area contributed by atoms with Gasteiger partial charge in [-0.2, -0.15) is 0 Å². The highest BCUT2D eigenvalue weighted by Crippen LogP contribution is 2.41. The van der Waals surface area contributed by atoms with Gasteiger partial charge < -0.3 is 55.4 Å². The SMILES string of the molecule is CC1OCC2C[C@@H](C)CN2C(=O)[C@H](C)NC(=O)[C@@H]2CCCCN2C(=O)[C@@H]2C[C@@H](OP(=O)(O)O)CN2C(=O)[C@H]1NC(=O)[C@H](Cc1cc(F)cc(F)c1)NC(=O)Nc1ccc(N(C)C)cc1. The number of rotatable bonds is 9. The molecule has 6 N–H and O–H groups in total. The van der Waals surface area contributed by atoms with E-state index in [1.54, 1.807) is 36.1 Å². The lowest BCUT2D eigenvalue weighted by atomic mass is 9.98. The van der Waals surface area contributed by atoms with E-state index in [4.69, 9.17) is 9.26 Å². The number of carbonyl (C=O) groups is 6. The van der Waals surface area contributed by atoms with E-state index in [1.807, 2.05) is 25.9 Å². The molecule has 6 rings (SSSR count). The second kappa shape index (κ2) is 20.3. The van der Waals surface area contributed by atoms with E-state index in [0.717, 1.165) is 22.7 Å². The molecule has 0 bridgehead atoms. The molecule has 2 unspecified atom stereocenters. The van der Waals surface area contributed by atoms with Crippen molar-refractivity contribution in [3.8, 4) is 0 Å². The molecule has 4 aliphatic heterocycles. The molecule has 0 radical (unpaired) electrons. The van der Waals surface area contributed by atoms with Gasteiger partial charge in [-0.15, -0.1) is 0 Å². The summed E-state index contributed by atoms with van der Waals surface area (Å²) < 4.78 is 52.3. The zero-order chi connectivity index (χ0) is 46.6. The Balaban J connectivity index is 1.36. The summed E-state index contributed by atoms with van der Waals surface area (Å²) in [6, 6.07) is 1.26. The minimum Gasteiger partial charge on any atom is -0.378 e. The van der Waals surface area contributed by atoms with Crippen LogP contribution in [0.4, 0.5) is 25.0 Å². The van der Waals surface area contributed by atoms with E-state index >= 15 is 0 Å². The van der Waals surface area contributed by atoms with Crippen molar-refractivity contribution in [2.24, 2.45) is 5.92 Å². The van der Waals surface area contributed by atoms with Crippen molar-refractivity contribution < 1.29 is 61.2 Å². The minimum absolute atomic E-state index is 0.0148. The van der Waals surface area contributed by atoms with Gasteiger partial charge in [0.15, 0.2) is 0 Å². The van der Waals surface area contributed by atoms with E-state index in [2.05, 4.69) is 21.3 Å². The third-order valence-electron chi connectivity index (χ3n) is 12.1. The van der Waals surface area contributed by atoms with Gasteiger partial charge in [0.1, 0.15) is 41.8 Å². The lowest BCUT2D eigenvalue weighted by Crippen LogP contribution is -2.63. The first-order chi connectivity index (χ1) is 30.2. The van der Waals surface area contributed by atoms with E-state index in [0.29, 0.717) is 37.6 Å². The topological polar surface area (TPSA) is 239 Å². The fourth-order valence-corrected chi connectivity index (χ4v) is 9.46. The molecule has 0 saturated carbocycles. The van der Waals surface area contributed by atoms with Gasteiger partial charge in [0.2, 0.25) is 29.5 Å². The molecule has 0 aliphatic carbocycles. The van der Waals surface area contributed by atoms with Gasteiger partial charge in [0.05, 0.1) is 24.9 Å². The number of nitrogens with zero attached hydrogens (tertiary/aromatic N) is 4. The summed E-state index contributed by atoms with van der Waals surface area (Å²) in [5, 5.41) is 10.6. The lowest BCUT2D eigenvalue weighted by Gasteiger charge is -2.39. The summed E-state index contributed by atoms with van der Waals surface area (Å²) in [5.74, 6) is -5.45. The van der Waals surface area contributed by atoms with Crippen molar-refractivity contribution in [1.82, 2.24) is 30.7 Å². The molecular weight excluding hydrogens is 861 g/mol. The average Bonchev–Trinajstić information content (AvgIpc) is 3.82. The highest BCUT2D eigenvalue weighted by molar-refractivity contribution is 7.46. The molecule has 19 nitrogen and oxygen atoms in total. The van der Waals surface area contributed by atoms with Crippen molar-refractivity contribution in [2.45, 2.75) is 108 Å². The number of urea groups is 1. The third kappa shape index (κ3) is 11.9. The number of amides is 7. The van der Waals surface area contributed by atoms with Crippen LogP contribution >= 0.6 is 7.82 Å². The van der Waals surface area contributed by atoms with E-state index in [-0.39, 0.29) is 43.4 Å². The predicted molar refractivity (Wildman–Crippen MR) is 227 cm³/mol. The van der Waals surface area contributed by atoms with E-state index < -0.39 is 111 Å². The third-order valence-corrected chi connectivity index (χ3v) is 12.6. The monoisotopic (exact) mass is 918 g/mol. The number of halogens is 2. The molecule has 2 aromatic carbocycles. The normalized spacial score (nSPS) is 27.5. The zero-order valence-electron chi connectivity index (χ0n) is 36.4. The molecule has 350 valence electrons. The van der Waals surface area contributed by atoms with Crippen LogP contribution in [-0.2, 0) is 44.2 Å². The number of anilines is 2. The average molecular weight is 919 g/mol. The number of benzene rings is 2. The summed E-state index contributed by atoms with van der Waals surface area (Å²) in [6.45, 7) is 4.79. The number of carbonyl (C=O) groups excluding carboxylic acids is 6. The Hall–Kier alpha value is -5.21. The van der Waals surface area contributed by atoms with Gasteiger partial charge in [-0.25, -0.2) is 18.1 Å². The van der Waals surface area contributed by atoms with Gasteiger partial charge in [0, 0.05) is 64.0 Å². The number of phosphoric acid groups is 1. The van der Waals surface area contributed by atoms with Crippen LogP contribution in [0.5, 0.6) is 0 Å². The largest absolute Gasteiger partial charge is 0.469 e. The van der Waals surface area contributed by atoms with Gasteiger partial charge in [-0.1, -0.05) is 6.92 Å². The summed E-state index contributed by atoms with van der Waals surface area (Å²) in [5.41, 5.74) is 1.17. The van der Waals surface area contributed by atoms with Crippen LogP contribution in [0.2, 0.25) is 0 Å². The lowest BCUT2D eigenvalue weighted by molar-refractivity contribution is -0.153. The molecular formula is C42H57F2N8O11P. The Morgan fingerprint density at radius 2 is 1.61 bits per heavy atom. The fourth-order valence-electron chi connectivity index (χ4n) is 8.92. The van der Waals surface area contributed by atoms with E-state index in [9.17, 15) is 51.9 Å². The minimum atomic E-state index is -5.16. The Morgan fingerprint density at radius 1 is 0.922 bits per heavy atom. The first-order valence-corrected chi connectivity index (χ1v) is 22.9. The van der Waals surface area contributed by atoms with Gasteiger partial charge in [-0.3, -0.25) is 28.5 Å². The van der Waals surface area contributed by atoms with Gasteiger partial charge >= 0.3 is 13.9 Å². The van der Waals surface area contributed by atoms with Crippen LogP contribution in [0.25, 0.3) is 0 Å². The van der Waals surface area contributed by atoms with Crippen LogP contribution in [0.15, 0.2) is 42.5 Å². The van der Waals surface area contributed by atoms with Crippen molar-refractivity contribution in [3.63, 3.8) is 0 Å². The highest BCUT2D eigenvalue weighted by atomic mass is 31.2. The van der Waals surface area contributed by atoms with Crippen LogP contribution < -0.4 is 26.2 Å². The second-order valence-corrected chi connectivity index (χ2v) is 18.5. The number of ether oxygens (including phenoxy) is 1. The highest BCUT2D eigenvalue weighted by Gasteiger charge is 2.49. The van der Waals surface area contributed by atoms with Crippen LogP contribution in [0.3, 0.4) is 0 Å². The molecule has 64 heavy (non-hydrogen) atoms. The summed E-state index contributed by atoms with van der Waals surface area (Å²) in [7, 11) is -1.49. The zero-order valence-corrected chi connectivity index (χ0v) is 37.3. The Morgan fingerprint density at radius 3 is 2.27 bits per heavy atom. The number of piperidine rings is 1. The first-order valence-electron chi connectivity index (χ1n) is 21.3. The number of nitrogens with one attached hydrogen (secondary N) is 4. The molecule has 7 amide bonds. The molecule has 4 aliphatic rings.